The maximum absolute atomic E-state index is 7.22. The third-order valence-corrected chi connectivity index (χ3v) is 1.93. The number of hydrogen-bond donors (Lipinski definition) is 2. The molecule has 0 aromatic carbocycles. The minimum absolute atomic E-state index is 0.0814. The summed E-state index contributed by atoms with van der Waals surface area (Å²) in [6, 6.07) is 0. The van der Waals surface area contributed by atoms with Gasteiger partial charge < -0.3 is 10.3 Å². The number of aromatic nitrogens is 2. The number of amidine groups is 1. The van der Waals surface area contributed by atoms with Crippen LogP contribution in [0.25, 0.3) is 0 Å². The summed E-state index contributed by atoms with van der Waals surface area (Å²) in [4.78, 5) is 4.08. The molecule has 0 saturated carbocycles. The molecule has 0 aliphatic rings. The van der Waals surface area contributed by atoms with Crippen molar-refractivity contribution in [3.63, 3.8) is 0 Å². The molecule has 4 nitrogen and oxygen atoms in total. The summed E-state index contributed by atoms with van der Waals surface area (Å²) in [5.74, 6) is 1.27. The maximum atomic E-state index is 7.22. The molecule has 4 heteroatoms. The lowest BCUT2D eigenvalue weighted by atomic mass is 10.1. The smallest absolute Gasteiger partial charge is 0.105 e. The number of nitrogens with one attached hydrogen (secondary N) is 1. The van der Waals surface area contributed by atoms with Crippen molar-refractivity contribution in [1.82, 2.24) is 9.55 Å². The van der Waals surface area contributed by atoms with Gasteiger partial charge in [-0.3, -0.25) is 5.41 Å². The van der Waals surface area contributed by atoms with Gasteiger partial charge in [0.2, 0.25) is 0 Å². The molecule has 1 unspecified atom stereocenters. The van der Waals surface area contributed by atoms with Crippen LogP contribution in [0.15, 0.2) is 12.4 Å². The summed E-state index contributed by atoms with van der Waals surface area (Å²) < 4.78 is 1.99. The summed E-state index contributed by atoms with van der Waals surface area (Å²) >= 11 is 0. The molecule has 0 bridgehead atoms. The fourth-order valence-electron chi connectivity index (χ4n) is 0.990. The zero-order valence-corrected chi connectivity index (χ0v) is 7.41. The van der Waals surface area contributed by atoms with Crippen LogP contribution in [0.1, 0.15) is 12.7 Å². The van der Waals surface area contributed by atoms with E-state index in [4.69, 9.17) is 11.1 Å². The number of nitrogens with two attached hydrogens (primary N) is 1. The van der Waals surface area contributed by atoms with Crippen LogP contribution in [0.3, 0.4) is 0 Å². The molecule has 0 radical (unpaired) electrons. The number of rotatable bonds is 3. The highest BCUT2D eigenvalue weighted by Crippen LogP contribution is 2.02. The van der Waals surface area contributed by atoms with E-state index in [1.165, 1.54) is 0 Å². The maximum Gasteiger partial charge on any atom is 0.105 e. The van der Waals surface area contributed by atoms with E-state index in [0.29, 0.717) is 0 Å². The van der Waals surface area contributed by atoms with Crippen molar-refractivity contribution in [3.05, 3.63) is 18.2 Å². The Kier molecular flexibility index (Phi) is 2.47. The van der Waals surface area contributed by atoms with E-state index in [9.17, 15) is 0 Å². The lowest BCUT2D eigenvalue weighted by Crippen LogP contribution is -2.24. The van der Waals surface area contributed by atoms with Crippen LogP contribution in [-0.4, -0.2) is 15.4 Å². The topological polar surface area (TPSA) is 67.7 Å². The number of hydrogen-bond acceptors (Lipinski definition) is 2. The van der Waals surface area contributed by atoms with Gasteiger partial charge in [0.1, 0.15) is 5.82 Å². The first-order chi connectivity index (χ1) is 5.61. The quantitative estimate of drug-likeness (QED) is 0.514. The summed E-state index contributed by atoms with van der Waals surface area (Å²) in [6.45, 7) is 4.61. The second-order valence-corrected chi connectivity index (χ2v) is 2.98. The third-order valence-electron chi connectivity index (χ3n) is 1.93. The van der Waals surface area contributed by atoms with Gasteiger partial charge in [-0.2, -0.15) is 0 Å². The Balaban J connectivity index is 2.64. The van der Waals surface area contributed by atoms with Crippen LogP contribution >= 0.6 is 0 Å². The molecule has 1 aromatic rings. The van der Waals surface area contributed by atoms with Crippen molar-refractivity contribution in [3.8, 4) is 0 Å². The Morgan fingerprint density at radius 3 is 2.92 bits per heavy atom. The molecule has 66 valence electrons. The van der Waals surface area contributed by atoms with Gasteiger partial charge in [0.15, 0.2) is 0 Å². The summed E-state index contributed by atoms with van der Waals surface area (Å²) in [7, 11) is 0. The van der Waals surface area contributed by atoms with E-state index < -0.39 is 0 Å². The highest BCUT2D eigenvalue weighted by Gasteiger charge is 2.06. The van der Waals surface area contributed by atoms with Crippen molar-refractivity contribution in [1.29, 1.82) is 5.41 Å². The van der Waals surface area contributed by atoms with Crippen molar-refractivity contribution in [2.75, 3.05) is 0 Å². The van der Waals surface area contributed by atoms with E-state index in [-0.39, 0.29) is 11.8 Å². The van der Waals surface area contributed by atoms with E-state index in [2.05, 4.69) is 4.98 Å². The SMILES string of the molecule is Cc1nccn1CC(C)C(=N)N. The van der Waals surface area contributed by atoms with E-state index in [1.54, 1.807) is 6.20 Å². The predicted octanol–water partition coefficient (Wildman–Crippen LogP) is 0.764. The first-order valence-corrected chi connectivity index (χ1v) is 3.93. The molecular formula is C8H14N4. The molecule has 1 atom stereocenters. The first kappa shape index (κ1) is 8.77. The molecule has 3 N–H and O–H groups in total. The average Bonchev–Trinajstić information content (AvgIpc) is 2.36. The van der Waals surface area contributed by atoms with Crippen LogP contribution in [0.5, 0.6) is 0 Å². The molecule has 12 heavy (non-hydrogen) atoms. The second kappa shape index (κ2) is 3.38. The van der Waals surface area contributed by atoms with Crippen molar-refractivity contribution < 1.29 is 0 Å². The Labute approximate surface area is 71.9 Å². The highest BCUT2D eigenvalue weighted by molar-refractivity contribution is 5.79. The van der Waals surface area contributed by atoms with E-state index in [0.717, 1.165) is 12.4 Å². The Bertz CT molecular complexity index is 276. The fraction of sp³-hybridized carbons (Fsp3) is 0.500. The van der Waals surface area contributed by atoms with Crippen LogP contribution in [0, 0.1) is 18.3 Å². The molecule has 0 amide bonds. The molecule has 0 aliphatic carbocycles. The van der Waals surface area contributed by atoms with Gasteiger partial charge in [0.25, 0.3) is 0 Å². The Hall–Kier alpha value is -1.32. The Morgan fingerprint density at radius 2 is 2.50 bits per heavy atom. The van der Waals surface area contributed by atoms with Crippen LogP contribution in [-0.2, 0) is 6.54 Å². The monoisotopic (exact) mass is 166 g/mol. The van der Waals surface area contributed by atoms with Gasteiger partial charge in [0, 0.05) is 24.9 Å². The lowest BCUT2D eigenvalue weighted by molar-refractivity contribution is 0.577. The molecule has 0 spiro atoms. The molecule has 1 heterocycles. The standard InChI is InChI=1S/C8H14N4/c1-6(8(9)10)5-12-4-3-11-7(12)2/h3-4,6H,5H2,1-2H3,(H3,9,10). The van der Waals surface area contributed by atoms with Gasteiger partial charge in [-0.1, -0.05) is 6.92 Å². The molecule has 0 aliphatic heterocycles. The molecular weight excluding hydrogens is 152 g/mol. The number of nitrogens with zero attached hydrogens (tertiary/aromatic N) is 2. The third kappa shape index (κ3) is 1.84. The molecule has 0 fully saturated rings. The predicted molar refractivity (Wildman–Crippen MR) is 48.0 cm³/mol. The average molecular weight is 166 g/mol. The summed E-state index contributed by atoms with van der Waals surface area (Å²) in [5.41, 5.74) is 5.35. The number of aryl methyl sites for hydroxylation is 1. The largest absolute Gasteiger partial charge is 0.387 e. The highest BCUT2D eigenvalue weighted by atomic mass is 15.1. The van der Waals surface area contributed by atoms with Crippen LogP contribution in [0.2, 0.25) is 0 Å². The van der Waals surface area contributed by atoms with Crippen molar-refractivity contribution in [2.45, 2.75) is 20.4 Å². The van der Waals surface area contributed by atoms with E-state index in [1.807, 2.05) is 24.6 Å². The van der Waals surface area contributed by atoms with Gasteiger partial charge in [-0.25, -0.2) is 4.98 Å². The van der Waals surface area contributed by atoms with Gasteiger partial charge in [-0.15, -0.1) is 0 Å². The molecule has 0 saturated heterocycles. The van der Waals surface area contributed by atoms with E-state index >= 15 is 0 Å². The molecule has 1 aromatic heterocycles. The number of imidazole rings is 1. The van der Waals surface area contributed by atoms with Gasteiger partial charge >= 0.3 is 0 Å². The Morgan fingerprint density at radius 1 is 1.83 bits per heavy atom. The summed E-state index contributed by atoms with van der Waals surface area (Å²) in [5, 5.41) is 7.22. The second-order valence-electron chi connectivity index (χ2n) is 2.98. The zero-order chi connectivity index (χ0) is 9.14. The first-order valence-electron chi connectivity index (χ1n) is 3.93. The van der Waals surface area contributed by atoms with Crippen molar-refractivity contribution in [2.24, 2.45) is 11.7 Å². The minimum atomic E-state index is 0.0814. The zero-order valence-electron chi connectivity index (χ0n) is 7.41. The van der Waals surface area contributed by atoms with Crippen LogP contribution < -0.4 is 5.73 Å². The summed E-state index contributed by atoms with van der Waals surface area (Å²) in [6.07, 6.45) is 3.65. The van der Waals surface area contributed by atoms with Crippen molar-refractivity contribution >= 4 is 5.84 Å². The van der Waals surface area contributed by atoms with Crippen LogP contribution in [0.4, 0.5) is 0 Å². The van der Waals surface area contributed by atoms with Gasteiger partial charge in [-0.05, 0) is 6.92 Å². The normalized spacial score (nSPS) is 12.8. The lowest BCUT2D eigenvalue weighted by Gasteiger charge is -2.10. The van der Waals surface area contributed by atoms with Gasteiger partial charge in [0.05, 0.1) is 5.84 Å². The molecule has 1 rings (SSSR count). The minimum Gasteiger partial charge on any atom is -0.387 e. The fourth-order valence-corrected chi connectivity index (χ4v) is 0.990.